The smallest absolute Gasteiger partial charge is 0.414 e. The van der Waals surface area contributed by atoms with Gasteiger partial charge in [-0.15, -0.1) is 0 Å². The third-order valence-electron chi connectivity index (χ3n) is 4.26. The molecule has 0 aliphatic carbocycles. The third-order valence-corrected chi connectivity index (χ3v) is 4.93. The molecule has 1 N–H and O–H groups in total. The number of aliphatic imine (C=N–C) groups is 1. The van der Waals surface area contributed by atoms with Gasteiger partial charge in [-0.2, -0.15) is 0 Å². The average molecular weight is 340 g/mol. The van der Waals surface area contributed by atoms with Gasteiger partial charge in [-0.25, -0.2) is 9.69 Å². The predicted octanol–water partition coefficient (Wildman–Crippen LogP) is 4.80. The largest absolute Gasteiger partial charge is 0.465 e. The lowest BCUT2D eigenvalue weighted by Gasteiger charge is -2.26. The lowest BCUT2D eigenvalue weighted by molar-refractivity contribution is 0.157. The highest BCUT2D eigenvalue weighted by Gasteiger charge is 2.41. The lowest BCUT2D eigenvalue weighted by Crippen LogP contribution is -2.34. The molecule has 1 heterocycles. The molecule has 24 heavy (non-hydrogen) atoms. The Morgan fingerprint density at radius 2 is 1.50 bits per heavy atom. The number of thioether (sulfide) groups is 1. The van der Waals surface area contributed by atoms with Gasteiger partial charge in [0.25, 0.3) is 0 Å². The average Bonchev–Trinajstić information content (AvgIpc) is 2.96. The van der Waals surface area contributed by atoms with Crippen LogP contribution in [0.4, 0.5) is 4.79 Å². The molecule has 0 fully saturated rings. The van der Waals surface area contributed by atoms with Crippen LogP contribution in [0, 0.1) is 13.8 Å². The molecule has 0 saturated carbocycles. The summed E-state index contributed by atoms with van der Waals surface area (Å²) >= 11 is 1.37. The fourth-order valence-electron chi connectivity index (χ4n) is 2.98. The number of nitrogens with zero attached hydrogens (tertiary/aromatic N) is 2. The molecule has 0 bridgehead atoms. The maximum absolute atomic E-state index is 11.9. The quantitative estimate of drug-likeness (QED) is 0.854. The minimum absolute atomic E-state index is 0.230. The zero-order chi connectivity index (χ0) is 17.3. The molecule has 2 aromatic carbocycles. The fourth-order valence-corrected chi connectivity index (χ4v) is 3.59. The van der Waals surface area contributed by atoms with Gasteiger partial charge < -0.3 is 5.11 Å². The Bertz CT molecular complexity index is 769. The summed E-state index contributed by atoms with van der Waals surface area (Å²) in [6.45, 7) is 4.06. The maximum Gasteiger partial charge on any atom is 0.414 e. The molecule has 0 spiro atoms. The van der Waals surface area contributed by atoms with E-state index < -0.39 is 6.09 Å². The van der Waals surface area contributed by atoms with Gasteiger partial charge in [-0.05, 0) is 31.2 Å². The van der Waals surface area contributed by atoms with Crippen molar-refractivity contribution in [2.24, 2.45) is 4.99 Å². The Morgan fingerprint density at radius 1 is 1.00 bits per heavy atom. The number of carboxylic acid groups (broad SMARTS) is 1. The highest BCUT2D eigenvalue weighted by atomic mass is 32.2. The van der Waals surface area contributed by atoms with Crippen LogP contribution in [-0.2, 0) is 0 Å². The zero-order valence-corrected chi connectivity index (χ0v) is 14.7. The molecule has 1 aliphatic heterocycles. The van der Waals surface area contributed by atoms with Crippen LogP contribution in [0.5, 0.6) is 0 Å². The van der Waals surface area contributed by atoms with E-state index in [1.54, 1.807) is 0 Å². The van der Waals surface area contributed by atoms with Gasteiger partial charge in [0.15, 0.2) is 5.17 Å². The Morgan fingerprint density at radius 3 is 1.96 bits per heavy atom. The van der Waals surface area contributed by atoms with Crippen LogP contribution in [0.1, 0.15) is 34.3 Å². The molecule has 2 aromatic rings. The van der Waals surface area contributed by atoms with Crippen molar-refractivity contribution in [2.45, 2.75) is 25.9 Å². The first-order valence-electron chi connectivity index (χ1n) is 7.78. The van der Waals surface area contributed by atoms with Gasteiger partial charge in [-0.3, -0.25) is 4.99 Å². The van der Waals surface area contributed by atoms with E-state index in [0.29, 0.717) is 5.17 Å². The molecule has 2 unspecified atom stereocenters. The van der Waals surface area contributed by atoms with Crippen LogP contribution >= 0.6 is 11.8 Å². The van der Waals surface area contributed by atoms with Crippen LogP contribution in [0.25, 0.3) is 0 Å². The number of amidine groups is 1. The number of benzene rings is 2. The van der Waals surface area contributed by atoms with Crippen LogP contribution in [0.3, 0.4) is 0 Å². The summed E-state index contributed by atoms with van der Waals surface area (Å²) < 4.78 is 0. The molecule has 2 atom stereocenters. The van der Waals surface area contributed by atoms with E-state index in [1.807, 2.05) is 68.6 Å². The fraction of sp³-hybridized carbons (Fsp3) is 0.263. The molecule has 5 heteroatoms. The third kappa shape index (κ3) is 3.04. The van der Waals surface area contributed by atoms with Crippen molar-refractivity contribution in [3.8, 4) is 0 Å². The summed E-state index contributed by atoms with van der Waals surface area (Å²) in [7, 11) is 0. The monoisotopic (exact) mass is 340 g/mol. The predicted molar refractivity (Wildman–Crippen MR) is 98.7 cm³/mol. The van der Waals surface area contributed by atoms with Crippen molar-refractivity contribution in [2.75, 3.05) is 6.26 Å². The molecule has 0 saturated heterocycles. The van der Waals surface area contributed by atoms with E-state index in [4.69, 9.17) is 4.99 Å². The first kappa shape index (κ1) is 16.6. The second-order valence-electron chi connectivity index (χ2n) is 5.98. The van der Waals surface area contributed by atoms with Gasteiger partial charge in [0.2, 0.25) is 0 Å². The number of carbonyl (C=O) groups is 1. The van der Waals surface area contributed by atoms with Gasteiger partial charge in [0, 0.05) is 0 Å². The minimum atomic E-state index is -0.969. The molecule has 1 aliphatic rings. The van der Waals surface area contributed by atoms with E-state index in [-0.39, 0.29) is 12.1 Å². The maximum atomic E-state index is 11.9. The van der Waals surface area contributed by atoms with Crippen LogP contribution in [-0.4, -0.2) is 27.5 Å². The first-order chi connectivity index (χ1) is 11.5. The second kappa shape index (κ2) is 6.69. The zero-order valence-electron chi connectivity index (χ0n) is 13.9. The Labute approximate surface area is 146 Å². The van der Waals surface area contributed by atoms with Crippen LogP contribution < -0.4 is 0 Å². The van der Waals surface area contributed by atoms with Crippen molar-refractivity contribution in [3.63, 3.8) is 0 Å². The van der Waals surface area contributed by atoms with E-state index in [2.05, 4.69) is 0 Å². The molecule has 124 valence electrons. The molecular formula is C19H20N2O2S. The number of amides is 1. The van der Waals surface area contributed by atoms with Crippen LogP contribution in [0.2, 0.25) is 0 Å². The van der Waals surface area contributed by atoms with Gasteiger partial charge in [0.1, 0.15) is 6.04 Å². The van der Waals surface area contributed by atoms with Gasteiger partial charge in [0.05, 0.1) is 6.04 Å². The SMILES string of the molecule is CSC1=NC(c2ccc(C)cc2)C(c2ccc(C)cc2)N1C(=O)O. The topological polar surface area (TPSA) is 52.9 Å². The molecule has 4 nitrogen and oxygen atoms in total. The highest BCUT2D eigenvalue weighted by Crippen LogP contribution is 2.43. The summed E-state index contributed by atoms with van der Waals surface area (Å²) in [5, 5.41) is 10.3. The van der Waals surface area contributed by atoms with E-state index in [9.17, 15) is 9.90 Å². The summed E-state index contributed by atoms with van der Waals surface area (Å²) in [5.41, 5.74) is 4.31. The van der Waals surface area contributed by atoms with Crippen molar-refractivity contribution >= 4 is 23.0 Å². The van der Waals surface area contributed by atoms with E-state index in [1.165, 1.54) is 22.2 Å². The summed E-state index contributed by atoms with van der Waals surface area (Å²) in [6, 6.07) is 15.6. The van der Waals surface area contributed by atoms with Crippen molar-refractivity contribution < 1.29 is 9.90 Å². The molecule has 0 radical (unpaired) electrons. The van der Waals surface area contributed by atoms with Gasteiger partial charge >= 0.3 is 6.09 Å². The Balaban J connectivity index is 2.09. The van der Waals surface area contributed by atoms with Crippen LogP contribution in [0.15, 0.2) is 53.5 Å². The molecule has 0 aromatic heterocycles. The standard InChI is InChI=1S/C19H20N2O2S/c1-12-4-8-14(9-5-12)16-17(15-10-6-13(2)7-11-15)21(19(22)23)18(20-16)24-3/h4-11,16-17H,1-3H3,(H,22,23). The van der Waals surface area contributed by atoms with E-state index in [0.717, 1.165) is 16.7 Å². The number of rotatable bonds is 2. The highest BCUT2D eigenvalue weighted by molar-refractivity contribution is 8.13. The minimum Gasteiger partial charge on any atom is -0.465 e. The molecule has 1 amide bonds. The van der Waals surface area contributed by atoms with Crippen molar-refractivity contribution in [3.05, 3.63) is 70.8 Å². The number of hydrogen-bond donors (Lipinski definition) is 1. The van der Waals surface area contributed by atoms with Crippen molar-refractivity contribution in [1.29, 1.82) is 0 Å². The number of aryl methyl sites for hydroxylation is 2. The van der Waals surface area contributed by atoms with E-state index >= 15 is 0 Å². The summed E-state index contributed by atoms with van der Waals surface area (Å²) in [5.74, 6) is 0. The second-order valence-corrected chi connectivity index (χ2v) is 6.75. The molecule has 3 rings (SSSR count). The Hall–Kier alpha value is -2.27. The van der Waals surface area contributed by atoms with Crippen molar-refractivity contribution in [1.82, 2.24) is 4.90 Å². The summed E-state index contributed by atoms with van der Waals surface area (Å²) in [6.07, 6.45) is 0.890. The Kier molecular flexibility index (Phi) is 4.62. The normalized spacial score (nSPS) is 20.1. The lowest BCUT2D eigenvalue weighted by atomic mass is 9.93. The van der Waals surface area contributed by atoms with Gasteiger partial charge in [-0.1, -0.05) is 71.4 Å². The number of hydrogen-bond acceptors (Lipinski definition) is 3. The first-order valence-corrected chi connectivity index (χ1v) is 9.01. The molecular weight excluding hydrogens is 320 g/mol. The summed E-state index contributed by atoms with van der Waals surface area (Å²) in [4.78, 5) is 18.0.